The number of hydrogen-bond acceptors (Lipinski definition) is 5. The van der Waals surface area contributed by atoms with Gasteiger partial charge in [-0.3, -0.25) is 4.98 Å². The lowest BCUT2D eigenvalue weighted by Gasteiger charge is -2.16. The van der Waals surface area contributed by atoms with E-state index >= 15 is 0 Å². The molecule has 0 aliphatic rings. The second kappa shape index (κ2) is 6.88. The van der Waals surface area contributed by atoms with Crippen molar-refractivity contribution < 1.29 is 8.42 Å². The summed E-state index contributed by atoms with van der Waals surface area (Å²) in [7, 11) is -3.22. The lowest BCUT2D eigenvalue weighted by Crippen LogP contribution is -2.00. The third kappa shape index (κ3) is 3.46. The van der Waals surface area contributed by atoms with E-state index in [1.54, 1.807) is 24.4 Å². The molecule has 0 amide bonds. The van der Waals surface area contributed by atoms with Crippen molar-refractivity contribution in [3.05, 3.63) is 60.0 Å². The van der Waals surface area contributed by atoms with E-state index in [-0.39, 0.29) is 0 Å². The molecule has 2 heterocycles. The standard InChI is InChI=1S/C20H21N3O2S/c1-4-18-20(16-9-10-19(21)23-13(16)2)17(11-12-22-18)14-5-7-15(8-6-14)26(3,24)25/h5-12H,4H2,1-3H3,(H2,21,23). The molecule has 134 valence electrons. The maximum Gasteiger partial charge on any atom is 0.175 e. The van der Waals surface area contributed by atoms with E-state index in [9.17, 15) is 8.42 Å². The van der Waals surface area contributed by atoms with Crippen molar-refractivity contribution >= 4 is 15.7 Å². The van der Waals surface area contributed by atoms with Crippen LogP contribution >= 0.6 is 0 Å². The lowest BCUT2D eigenvalue weighted by atomic mass is 9.92. The Balaban J connectivity index is 2.23. The Bertz CT molecular complexity index is 1060. The first-order valence-corrected chi connectivity index (χ1v) is 10.2. The van der Waals surface area contributed by atoms with E-state index in [4.69, 9.17) is 5.73 Å². The van der Waals surface area contributed by atoms with Crippen LogP contribution in [0, 0.1) is 6.92 Å². The fourth-order valence-electron chi connectivity index (χ4n) is 3.04. The number of anilines is 1. The molecular weight excluding hydrogens is 346 g/mol. The van der Waals surface area contributed by atoms with Crippen LogP contribution < -0.4 is 5.73 Å². The molecule has 3 aromatic rings. The Hall–Kier alpha value is -2.73. The number of sulfone groups is 1. The summed E-state index contributed by atoms with van der Waals surface area (Å²) < 4.78 is 23.4. The highest BCUT2D eigenvalue weighted by molar-refractivity contribution is 7.90. The van der Waals surface area contributed by atoms with Crippen LogP contribution in [0.3, 0.4) is 0 Å². The third-order valence-corrected chi connectivity index (χ3v) is 5.46. The van der Waals surface area contributed by atoms with Gasteiger partial charge in [-0.2, -0.15) is 0 Å². The van der Waals surface area contributed by atoms with Crippen molar-refractivity contribution in [2.24, 2.45) is 0 Å². The van der Waals surface area contributed by atoms with Crippen LogP contribution in [0.5, 0.6) is 0 Å². The van der Waals surface area contributed by atoms with E-state index < -0.39 is 9.84 Å². The third-order valence-electron chi connectivity index (χ3n) is 4.33. The average Bonchev–Trinajstić information content (AvgIpc) is 2.61. The number of nitrogen functional groups attached to an aromatic ring is 1. The molecule has 1 aromatic carbocycles. The lowest BCUT2D eigenvalue weighted by molar-refractivity contribution is 0.602. The van der Waals surface area contributed by atoms with Gasteiger partial charge in [0.2, 0.25) is 0 Å². The molecular formula is C20H21N3O2S. The first-order chi connectivity index (χ1) is 12.3. The molecule has 2 N–H and O–H groups in total. The van der Waals surface area contributed by atoms with Crippen LogP contribution in [0.15, 0.2) is 53.6 Å². The highest BCUT2D eigenvalue weighted by atomic mass is 32.2. The number of nitrogens with zero attached hydrogens (tertiary/aromatic N) is 2. The van der Waals surface area contributed by atoms with Crippen molar-refractivity contribution in [3.8, 4) is 22.3 Å². The van der Waals surface area contributed by atoms with Gasteiger partial charge < -0.3 is 5.73 Å². The molecule has 3 rings (SSSR count). The number of aromatic nitrogens is 2. The summed E-state index contributed by atoms with van der Waals surface area (Å²) in [5.74, 6) is 0.479. The number of pyridine rings is 2. The zero-order valence-corrected chi connectivity index (χ0v) is 15.8. The van der Waals surface area contributed by atoms with Crippen molar-refractivity contribution in [1.29, 1.82) is 0 Å². The predicted molar refractivity (Wildman–Crippen MR) is 105 cm³/mol. The normalized spacial score (nSPS) is 11.5. The topological polar surface area (TPSA) is 85.9 Å². The SMILES string of the molecule is CCc1nccc(-c2ccc(S(C)(=O)=O)cc2)c1-c1ccc(N)nc1C. The summed E-state index contributed by atoms with van der Waals surface area (Å²) >= 11 is 0. The smallest absolute Gasteiger partial charge is 0.175 e. The van der Waals surface area contributed by atoms with Gasteiger partial charge in [0.15, 0.2) is 9.84 Å². The number of hydrogen-bond donors (Lipinski definition) is 1. The van der Waals surface area contributed by atoms with Gasteiger partial charge in [-0.15, -0.1) is 0 Å². The number of nitrogens with two attached hydrogens (primary N) is 1. The minimum atomic E-state index is -3.22. The highest BCUT2D eigenvalue weighted by Crippen LogP contribution is 2.36. The van der Waals surface area contributed by atoms with Crippen LogP contribution in [-0.2, 0) is 16.3 Å². The van der Waals surface area contributed by atoms with E-state index in [1.807, 2.05) is 31.2 Å². The van der Waals surface area contributed by atoms with Gasteiger partial charge in [-0.25, -0.2) is 13.4 Å². The molecule has 5 nitrogen and oxygen atoms in total. The van der Waals surface area contributed by atoms with Crippen molar-refractivity contribution in [2.75, 3.05) is 12.0 Å². The van der Waals surface area contributed by atoms with Crippen LogP contribution in [0.25, 0.3) is 22.3 Å². The van der Waals surface area contributed by atoms with Crippen molar-refractivity contribution in [2.45, 2.75) is 25.2 Å². The molecule has 0 unspecified atom stereocenters. The molecule has 0 aliphatic carbocycles. The van der Waals surface area contributed by atoms with E-state index in [1.165, 1.54) is 6.26 Å². The number of benzene rings is 1. The van der Waals surface area contributed by atoms with Gasteiger partial charge in [-0.1, -0.05) is 19.1 Å². The van der Waals surface area contributed by atoms with Gasteiger partial charge in [-0.05, 0) is 54.8 Å². The molecule has 26 heavy (non-hydrogen) atoms. The number of rotatable bonds is 4. The Morgan fingerprint density at radius 1 is 1.00 bits per heavy atom. The highest BCUT2D eigenvalue weighted by Gasteiger charge is 2.16. The molecule has 0 radical (unpaired) electrons. The van der Waals surface area contributed by atoms with Crippen LogP contribution in [0.4, 0.5) is 5.82 Å². The van der Waals surface area contributed by atoms with E-state index in [0.717, 1.165) is 40.1 Å². The Labute approximate surface area is 153 Å². The second-order valence-electron chi connectivity index (χ2n) is 6.20. The first kappa shape index (κ1) is 18.1. The molecule has 0 spiro atoms. The summed E-state index contributed by atoms with van der Waals surface area (Å²) in [5, 5.41) is 0. The van der Waals surface area contributed by atoms with Crippen LogP contribution in [0.1, 0.15) is 18.3 Å². The maximum atomic E-state index is 11.7. The monoisotopic (exact) mass is 367 g/mol. The van der Waals surface area contributed by atoms with Crippen molar-refractivity contribution in [1.82, 2.24) is 9.97 Å². The van der Waals surface area contributed by atoms with E-state index in [0.29, 0.717) is 10.7 Å². The largest absolute Gasteiger partial charge is 0.384 e. The molecule has 2 aromatic heterocycles. The van der Waals surface area contributed by atoms with Crippen molar-refractivity contribution in [3.63, 3.8) is 0 Å². The number of aryl methyl sites for hydroxylation is 2. The fraction of sp³-hybridized carbons (Fsp3) is 0.200. The Morgan fingerprint density at radius 2 is 1.69 bits per heavy atom. The average molecular weight is 367 g/mol. The summed E-state index contributed by atoms with van der Waals surface area (Å²) in [5.41, 5.74) is 11.5. The molecule has 6 heteroatoms. The summed E-state index contributed by atoms with van der Waals surface area (Å²) in [6.45, 7) is 3.98. The molecule has 0 atom stereocenters. The Kier molecular flexibility index (Phi) is 4.78. The van der Waals surface area contributed by atoms with E-state index in [2.05, 4.69) is 16.9 Å². The maximum absolute atomic E-state index is 11.7. The summed E-state index contributed by atoms with van der Waals surface area (Å²) in [6, 6.07) is 12.6. The second-order valence-corrected chi connectivity index (χ2v) is 8.22. The molecule has 0 aliphatic heterocycles. The zero-order chi connectivity index (χ0) is 18.9. The fourth-order valence-corrected chi connectivity index (χ4v) is 3.67. The summed E-state index contributed by atoms with van der Waals surface area (Å²) in [4.78, 5) is 9.21. The zero-order valence-electron chi connectivity index (χ0n) is 15.0. The molecule has 0 saturated carbocycles. The quantitative estimate of drug-likeness (QED) is 0.760. The van der Waals surface area contributed by atoms with Gasteiger partial charge >= 0.3 is 0 Å². The predicted octanol–water partition coefficient (Wildman–Crippen LogP) is 3.67. The van der Waals surface area contributed by atoms with Gasteiger partial charge in [0.1, 0.15) is 5.82 Å². The first-order valence-electron chi connectivity index (χ1n) is 8.33. The Morgan fingerprint density at radius 3 is 2.27 bits per heavy atom. The molecule has 0 fully saturated rings. The molecule has 0 saturated heterocycles. The van der Waals surface area contributed by atoms with Gasteiger partial charge in [0.05, 0.1) is 4.90 Å². The van der Waals surface area contributed by atoms with Crippen LogP contribution in [0.2, 0.25) is 0 Å². The minimum Gasteiger partial charge on any atom is -0.384 e. The summed E-state index contributed by atoms with van der Waals surface area (Å²) in [6.07, 6.45) is 3.76. The van der Waals surface area contributed by atoms with Crippen LogP contribution in [-0.4, -0.2) is 24.6 Å². The minimum absolute atomic E-state index is 0.304. The van der Waals surface area contributed by atoms with Gasteiger partial charge in [0, 0.05) is 35.0 Å². The molecule has 0 bridgehead atoms. The van der Waals surface area contributed by atoms with Gasteiger partial charge in [0.25, 0.3) is 0 Å².